The number of hydrogen-bond acceptors (Lipinski definition) is 4. The molecule has 0 spiro atoms. The molecule has 1 aromatic carbocycles. The van der Waals surface area contributed by atoms with Gasteiger partial charge in [0.25, 0.3) is 0 Å². The molecule has 0 unspecified atom stereocenters. The Morgan fingerprint density at radius 2 is 2.25 bits per heavy atom. The normalized spacial score (nSPS) is 20.8. The molecule has 2 heterocycles. The van der Waals surface area contributed by atoms with Crippen molar-refractivity contribution in [1.82, 2.24) is 4.98 Å². The van der Waals surface area contributed by atoms with Gasteiger partial charge in [0.15, 0.2) is 0 Å². The van der Waals surface area contributed by atoms with Crippen LogP contribution in [0.4, 0.5) is 5.69 Å². The van der Waals surface area contributed by atoms with E-state index in [1.807, 2.05) is 26.0 Å². The van der Waals surface area contributed by atoms with Gasteiger partial charge in [0.2, 0.25) is 0 Å². The number of nitrogens with zero attached hydrogens (tertiary/aromatic N) is 3. The number of fused-ring (bicyclic) bond motifs is 1. The van der Waals surface area contributed by atoms with Gasteiger partial charge in [0.05, 0.1) is 28.4 Å². The largest absolute Gasteiger partial charge is 0.481 e. The number of aromatic nitrogens is 1. The van der Waals surface area contributed by atoms with Crippen molar-refractivity contribution < 1.29 is 9.90 Å². The van der Waals surface area contributed by atoms with E-state index in [4.69, 9.17) is 11.6 Å². The Bertz CT molecular complexity index is 859. The minimum atomic E-state index is -0.749. The second-order valence-electron chi connectivity index (χ2n) is 6.35. The van der Waals surface area contributed by atoms with Gasteiger partial charge in [-0.05, 0) is 37.5 Å². The van der Waals surface area contributed by atoms with Crippen LogP contribution in [-0.2, 0) is 4.79 Å². The molecule has 24 heavy (non-hydrogen) atoms. The van der Waals surface area contributed by atoms with Gasteiger partial charge in [-0.1, -0.05) is 18.5 Å². The number of pyridine rings is 1. The fourth-order valence-corrected chi connectivity index (χ4v) is 3.69. The number of carboxylic acids is 1. The molecule has 1 aliphatic rings. The highest BCUT2D eigenvalue weighted by Crippen LogP contribution is 2.36. The second-order valence-corrected chi connectivity index (χ2v) is 6.79. The van der Waals surface area contributed by atoms with Crippen LogP contribution in [0.2, 0.25) is 5.02 Å². The summed E-state index contributed by atoms with van der Waals surface area (Å²) in [5, 5.41) is 20.4. The first kappa shape index (κ1) is 16.5. The van der Waals surface area contributed by atoms with Crippen LogP contribution in [0.25, 0.3) is 10.9 Å². The van der Waals surface area contributed by atoms with Gasteiger partial charge in [0.1, 0.15) is 6.07 Å². The number of benzene rings is 1. The van der Waals surface area contributed by atoms with E-state index < -0.39 is 5.97 Å². The number of piperidine rings is 1. The van der Waals surface area contributed by atoms with E-state index in [9.17, 15) is 15.2 Å². The van der Waals surface area contributed by atoms with Gasteiger partial charge in [-0.2, -0.15) is 5.26 Å². The van der Waals surface area contributed by atoms with E-state index >= 15 is 0 Å². The molecule has 1 saturated heterocycles. The summed E-state index contributed by atoms with van der Waals surface area (Å²) < 4.78 is 0. The third-order valence-corrected chi connectivity index (χ3v) is 4.99. The Balaban J connectivity index is 2.13. The number of nitriles is 1. The minimum absolute atomic E-state index is 0.00509. The molecular formula is C18H18ClN3O2. The first-order valence-electron chi connectivity index (χ1n) is 7.90. The van der Waals surface area contributed by atoms with Crippen LogP contribution in [0.3, 0.4) is 0 Å². The summed E-state index contributed by atoms with van der Waals surface area (Å²) in [4.78, 5) is 18.0. The lowest BCUT2D eigenvalue weighted by atomic mass is 9.86. The van der Waals surface area contributed by atoms with E-state index in [-0.39, 0.29) is 11.8 Å². The van der Waals surface area contributed by atoms with Gasteiger partial charge >= 0.3 is 5.97 Å². The summed E-state index contributed by atoms with van der Waals surface area (Å²) in [5.41, 5.74) is 2.82. The average Bonchev–Trinajstić information content (AvgIpc) is 2.53. The highest BCUT2D eigenvalue weighted by molar-refractivity contribution is 6.31. The number of halogens is 1. The van der Waals surface area contributed by atoms with E-state index in [2.05, 4.69) is 16.0 Å². The van der Waals surface area contributed by atoms with Crippen molar-refractivity contribution in [3.8, 4) is 6.07 Å². The highest BCUT2D eigenvalue weighted by Gasteiger charge is 2.33. The molecule has 1 aromatic heterocycles. The number of aryl methyl sites for hydroxylation is 1. The lowest BCUT2D eigenvalue weighted by Crippen LogP contribution is -2.42. The van der Waals surface area contributed by atoms with Gasteiger partial charge in [0, 0.05) is 23.5 Å². The van der Waals surface area contributed by atoms with Gasteiger partial charge in [-0.25, -0.2) is 0 Å². The van der Waals surface area contributed by atoms with Crippen molar-refractivity contribution in [2.24, 2.45) is 11.8 Å². The van der Waals surface area contributed by atoms with Crippen LogP contribution in [0.15, 0.2) is 18.2 Å². The van der Waals surface area contributed by atoms with Crippen LogP contribution in [0, 0.1) is 30.1 Å². The maximum absolute atomic E-state index is 11.3. The predicted octanol–water partition coefficient (Wildman–Crippen LogP) is 3.62. The van der Waals surface area contributed by atoms with Crippen molar-refractivity contribution in [3.63, 3.8) is 0 Å². The molecule has 5 nitrogen and oxygen atoms in total. The van der Waals surface area contributed by atoms with Crippen molar-refractivity contribution in [2.75, 3.05) is 18.0 Å². The Hall–Kier alpha value is -2.32. The number of carboxylic acid groups (broad SMARTS) is 1. The fourth-order valence-electron chi connectivity index (χ4n) is 3.52. The molecule has 6 heteroatoms. The summed E-state index contributed by atoms with van der Waals surface area (Å²) >= 11 is 6.15. The lowest BCUT2D eigenvalue weighted by molar-refractivity contribution is -0.144. The zero-order valence-corrected chi connectivity index (χ0v) is 14.3. The molecule has 1 N–H and O–H groups in total. The molecule has 1 fully saturated rings. The maximum Gasteiger partial charge on any atom is 0.306 e. The zero-order valence-electron chi connectivity index (χ0n) is 13.6. The molecule has 0 amide bonds. The van der Waals surface area contributed by atoms with Gasteiger partial charge in [-0.15, -0.1) is 0 Å². The third kappa shape index (κ3) is 2.78. The molecule has 0 radical (unpaired) electrons. The lowest BCUT2D eigenvalue weighted by Gasteiger charge is -2.37. The molecule has 0 aliphatic carbocycles. The summed E-state index contributed by atoms with van der Waals surface area (Å²) in [6, 6.07) is 7.72. The highest BCUT2D eigenvalue weighted by atomic mass is 35.5. The van der Waals surface area contributed by atoms with Crippen molar-refractivity contribution >= 4 is 34.2 Å². The SMILES string of the molecule is Cc1nc2ccc(Cl)cc2c(N2CC[C@H](C(=O)O)[C@H](C)C2)c1C#N. The number of hydrogen-bond donors (Lipinski definition) is 1. The quantitative estimate of drug-likeness (QED) is 0.901. The van der Waals surface area contributed by atoms with E-state index in [0.29, 0.717) is 35.8 Å². The standard InChI is InChI=1S/C18H18ClN3O2/c1-10-9-22(6-5-13(10)18(23)24)17-14-7-12(19)3-4-16(14)21-11(2)15(17)8-20/h3-4,7,10,13H,5-6,9H2,1-2H3,(H,23,24)/t10-,13+/m1/s1. The van der Waals surface area contributed by atoms with Gasteiger partial charge < -0.3 is 10.0 Å². The minimum Gasteiger partial charge on any atom is -0.481 e. The molecule has 1 aliphatic heterocycles. The number of anilines is 1. The zero-order chi connectivity index (χ0) is 17.4. The van der Waals surface area contributed by atoms with Gasteiger partial charge in [-0.3, -0.25) is 9.78 Å². The molecule has 0 bridgehead atoms. The second kappa shape index (κ2) is 6.29. The van der Waals surface area contributed by atoms with Crippen LogP contribution in [0.5, 0.6) is 0 Å². The first-order valence-corrected chi connectivity index (χ1v) is 8.28. The van der Waals surface area contributed by atoms with Crippen LogP contribution < -0.4 is 4.90 Å². The molecule has 3 rings (SSSR count). The van der Waals surface area contributed by atoms with Crippen molar-refractivity contribution in [1.29, 1.82) is 5.26 Å². The molecule has 0 saturated carbocycles. The molecule has 124 valence electrons. The average molecular weight is 344 g/mol. The van der Waals surface area contributed by atoms with E-state index in [1.54, 1.807) is 6.07 Å². The topological polar surface area (TPSA) is 77.2 Å². The number of aliphatic carboxylic acids is 1. The summed E-state index contributed by atoms with van der Waals surface area (Å²) in [7, 11) is 0. The van der Waals surface area contributed by atoms with Crippen LogP contribution in [-0.4, -0.2) is 29.1 Å². The van der Waals surface area contributed by atoms with Crippen LogP contribution in [0.1, 0.15) is 24.6 Å². The van der Waals surface area contributed by atoms with Crippen molar-refractivity contribution in [2.45, 2.75) is 20.3 Å². The van der Waals surface area contributed by atoms with Crippen LogP contribution >= 0.6 is 11.6 Å². The fraction of sp³-hybridized carbons (Fsp3) is 0.389. The Labute approximate surface area is 145 Å². The van der Waals surface area contributed by atoms with E-state index in [0.717, 1.165) is 16.6 Å². The Kier molecular flexibility index (Phi) is 4.33. The number of rotatable bonds is 2. The number of carbonyl (C=O) groups is 1. The van der Waals surface area contributed by atoms with E-state index in [1.165, 1.54) is 0 Å². The predicted molar refractivity (Wildman–Crippen MR) is 93.3 cm³/mol. The molecule has 2 aromatic rings. The Morgan fingerprint density at radius 1 is 1.50 bits per heavy atom. The first-order chi connectivity index (χ1) is 11.4. The monoisotopic (exact) mass is 343 g/mol. The Morgan fingerprint density at radius 3 is 2.88 bits per heavy atom. The molecular weight excluding hydrogens is 326 g/mol. The summed E-state index contributed by atoms with van der Waals surface area (Å²) in [6.45, 7) is 4.96. The maximum atomic E-state index is 11.3. The summed E-state index contributed by atoms with van der Waals surface area (Å²) in [5.74, 6) is -1.09. The third-order valence-electron chi connectivity index (χ3n) is 4.75. The van der Waals surface area contributed by atoms with Crippen molar-refractivity contribution in [3.05, 3.63) is 34.5 Å². The smallest absolute Gasteiger partial charge is 0.306 e. The summed E-state index contributed by atoms with van der Waals surface area (Å²) in [6.07, 6.45) is 0.560. The molecule has 2 atom stereocenters.